The first-order chi connectivity index (χ1) is 6.09. The minimum absolute atomic E-state index is 0.519. The standard InChI is InChI=1S/C10H13BO2/c1-8(2)7-9-3-5-10(6-4-9)11(12)13/h3-6,12-13H,1,7H2,2H3. The smallest absolute Gasteiger partial charge is 0.423 e. The Morgan fingerprint density at radius 1 is 1.31 bits per heavy atom. The van der Waals surface area contributed by atoms with Gasteiger partial charge >= 0.3 is 7.12 Å². The topological polar surface area (TPSA) is 40.5 Å². The van der Waals surface area contributed by atoms with Crippen molar-refractivity contribution in [1.29, 1.82) is 0 Å². The number of rotatable bonds is 3. The average molecular weight is 176 g/mol. The molecule has 0 radical (unpaired) electrons. The Labute approximate surface area is 78.7 Å². The van der Waals surface area contributed by atoms with Gasteiger partial charge in [0, 0.05) is 0 Å². The van der Waals surface area contributed by atoms with Gasteiger partial charge in [-0.1, -0.05) is 36.4 Å². The van der Waals surface area contributed by atoms with Crippen LogP contribution in [0.2, 0.25) is 0 Å². The fraction of sp³-hybridized carbons (Fsp3) is 0.200. The third kappa shape index (κ3) is 3.05. The Hall–Kier alpha value is -1.06. The maximum absolute atomic E-state index is 8.83. The third-order valence-corrected chi connectivity index (χ3v) is 1.78. The van der Waals surface area contributed by atoms with Crippen molar-refractivity contribution in [3.63, 3.8) is 0 Å². The highest BCUT2D eigenvalue weighted by Crippen LogP contribution is 2.03. The molecule has 0 aliphatic carbocycles. The quantitative estimate of drug-likeness (QED) is 0.519. The van der Waals surface area contributed by atoms with Gasteiger partial charge in [0.15, 0.2) is 0 Å². The summed E-state index contributed by atoms with van der Waals surface area (Å²) in [5.41, 5.74) is 2.75. The zero-order valence-corrected chi connectivity index (χ0v) is 7.70. The van der Waals surface area contributed by atoms with Gasteiger partial charge in [-0.3, -0.25) is 0 Å². The second-order valence-electron chi connectivity index (χ2n) is 3.25. The van der Waals surface area contributed by atoms with Crippen LogP contribution in [0, 0.1) is 0 Å². The average Bonchev–Trinajstić information content (AvgIpc) is 2.04. The van der Waals surface area contributed by atoms with Crippen molar-refractivity contribution >= 4 is 12.6 Å². The molecule has 1 aromatic carbocycles. The lowest BCUT2D eigenvalue weighted by Gasteiger charge is -2.02. The molecule has 13 heavy (non-hydrogen) atoms. The molecule has 0 saturated carbocycles. The molecule has 0 spiro atoms. The van der Waals surface area contributed by atoms with Crippen LogP contribution in [0.25, 0.3) is 0 Å². The molecule has 68 valence electrons. The zero-order chi connectivity index (χ0) is 9.84. The number of allylic oxidation sites excluding steroid dienone is 1. The minimum Gasteiger partial charge on any atom is -0.423 e. The molecule has 0 aliphatic rings. The molecular weight excluding hydrogens is 163 g/mol. The minimum atomic E-state index is -1.38. The Morgan fingerprint density at radius 3 is 2.23 bits per heavy atom. The first-order valence-corrected chi connectivity index (χ1v) is 4.19. The summed E-state index contributed by atoms with van der Waals surface area (Å²) in [5, 5.41) is 17.7. The molecule has 0 fully saturated rings. The molecule has 1 aromatic rings. The molecule has 2 nitrogen and oxygen atoms in total. The SMILES string of the molecule is C=C(C)Cc1ccc(B(O)O)cc1. The van der Waals surface area contributed by atoms with Gasteiger partial charge in [-0.05, 0) is 24.4 Å². The van der Waals surface area contributed by atoms with Crippen LogP contribution in [0.1, 0.15) is 12.5 Å². The fourth-order valence-electron chi connectivity index (χ4n) is 1.16. The Morgan fingerprint density at radius 2 is 1.85 bits per heavy atom. The zero-order valence-electron chi connectivity index (χ0n) is 7.70. The Bertz CT molecular complexity index is 290. The lowest BCUT2D eigenvalue weighted by molar-refractivity contribution is 0.426. The van der Waals surface area contributed by atoms with Gasteiger partial charge in [-0.15, -0.1) is 0 Å². The fourth-order valence-corrected chi connectivity index (χ4v) is 1.16. The van der Waals surface area contributed by atoms with Crippen molar-refractivity contribution < 1.29 is 10.0 Å². The third-order valence-electron chi connectivity index (χ3n) is 1.78. The van der Waals surface area contributed by atoms with Gasteiger partial charge < -0.3 is 10.0 Å². The summed E-state index contributed by atoms with van der Waals surface area (Å²) >= 11 is 0. The molecule has 0 atom stereocenters. The van der Waals surface area contributed by atoms with Crippen LogP contribution in [0.5, 0.6) is 0 Å². The molecule has 0 unspecified atom stereocenters. The number of hydrogen-bond donors (Lipinski definition) is 2. The van der Waals surface area contributed by atoms with E-state index >= 15 is 0 Å². The van der Waals surface area contributed by atoms with E-state index in [0.717, 1.165) is 17.6 Å². The molecule has 2 N–H and O–H groups in total. The van der Waals surface area contributed by atoms with E-state index < -0.39 is 7.12 Å². The van der Waals surface area contributed by atoms with Crippen LogP contribution >= 0.6 is 0 Å². The van der Waals surface area contributed by atoms with Crippen LogP contribution in [0.3, 0.4) is 0 Å². The van der Waals surface area contributed by atoms with Crippen LogP contribution < -0.4 is 5.46 Å². The Kier molecular flexibility index (Phi) is 3.28. The molecule has 3 heteroatoms. The van der Waals surface area contributed by atoms with Gasteiger partial charge in [0.1, 0.15) is 0 Å². The Balaban J connectivity index is 2.75. The summed E-state index contributed by atoms with van der Waals surface area (Å²) < 4.78 is 0. The van der Waals surface area contributed by atoms with Crippen molar-refractivity contribution in [3.05, 3.63) is 42.0 Å². The van der Waals surface area contributed by atoms with Gasteiger partial charge in [-0.2, -0.15) is 0 Å². The summed E-state index contributed by atoms with van der Waals surface area (Å²) in [6, 6.07) is 7.18. The molecule has 1 rings (SSSR count). The second kappa shape index (κ2) is 4.26. The van der Waals surface area contributed by atoms with Gasteiger partial charge in [0.05, 0.1) is 0 Å². The van der Waals surface area contributed by atoms with Crippen molar-refractivity contribution in [2.75, 3.05) is 0 Å². The van der Waals surface area contributed by atoms with Gasteiger partial charge in [0.25, 0.3) is 0 Å². The molecule has 0 bridgehead atoms. The van der Waals surface area contributed by atoms with Crippen LogP contribution in [0.15, 0.2) is 36.4 Å². The summed E-state index contributed by atoms with van der Waals surface area (Å²) in [7, 11) is -1.38. The molecule has 0 aliphatic heterocycles. The highest BCUT2D eigenvalue weighted by atomic mass is 16.4. The second-order valence-corrected chi connectivity index (χ2v) is 3.25. The highest BCUT2D eigenvalue weighted by molar-refractivity contribution is 6.58. The summed E-state index contributed by atoms with van der Waals surface area (Å²) in [6.07, 6.45) is 0.835. The molecular formula is C10H13BO2. The van der Waals surface area contributed by atoms with Crippen molar-refractivity contribution in [2.45, 2.75) is 13.3 Å². The van der Waals surface area contributed by atoms with E-state index in [1.54, 1.807) is 12.1 Å². The van der Waals surface area contributed by atoms with Crippen LogP contribution in [0.4, 0.5) is 0 Å². The van der Waals surface area contributed by atoms with Gasteiger partial charge in [0.2, 0.25) is 0 Å². The predicted octanol–water partition coefficient (Wildman–Crippen LogP) is 0.485. The van der Waals surface area contributed by atoms with E-state index in [-0.39, 0.29) is 0 Å². The first kappa shape index (κ1) is 10.0. The van der Waals surface area contributed by atoms with E-state index in [1.807, 2.05) is 19.1 Å². The molecule has 0 heterocycles. The summed E-state index contributed by atoms with van der Waals surface area (Å²) in [6.45, 7) is 5.78. The first-order valence-electron chi connectivity index (χ1n) is 4.19. The highest BCUT2D eigenvalue weighted by Gasteiger charge is 2.09. The van der Waals surface area contributed by atoms with E-state index in [4.69, 9.17) is 10.0 Å². The van der Waals surface area contributed by atoms with Crippen molar-refractivity contribution in [1.82, 2.24) is 0 Å². The maximum atomic E-state index is 8.83. The molecule has 0 saturated heterocycles. The van der Waals surface area contributed by atoms with E-state index in [1.165, 1.54) is 0 Å². The van der Waals surface area contributed by atoms with Crippen LogP contribution in [-0.4, -0.2) is 17.2 Å². The normalized spacial score (nSPS) is 9.77. The number of hydrogen-bond acceptors (Lipinski definition) is 2. The number of benzene rings is 1. The van der Waals surface area contributed by atoms with Gasteiger partial charge in [-0.25, -0.2) is 0 Å². The maximum Gasteiger partial charge on any atom is 0.488 e. The van der Waals surface area contributed by atoms with E-state index in [9.17, 15) is 0 Å². The molecule has 0 aromatic heterocycles. The summed E-state index contributed by atoms with van der Waals surface area (Å²) in [5.74, 6) is 0. The van der Waals surface area contributed by atoms with Crippen molar-refractivity contribution in [3.8, 4) is 0 Å². The van der Waals surface area contributed by atoms with Crippen LogP contribution in [-0.2, 0) is 6.42 Å². The summed E-state index contributed by atoms with van der Waals surface area (Å²) in [4.78, 5) is 0. The molecule has 0 amide bonds. The lowest BCUT2D eigenvalue weighted by atomic mass is 9.80. The van der Waals surface area contributed by atoms with E-state index in [2.05, 4.69) is 6.58 Å². The largest absolute Gasteiger partial charge is 0.488 e. The van der Waals surface area contributed by atoms with Crippen molar-refractivity contribution in [2.24, 2.45) is 0 Å². The predicted molar refractivity (Wildman–Crippen MR) is 54.8 cm³/mol. The lowest BCUT2D eigenvalue weighted by Crippen LogP contribution is -2.29. The monoisotopic (exact) mass is 176 g/mol. The van der Waals surface area contributed by atoms with E-state index in [0.29, 0.717) is 5.46 Å².